The first-order valence-corrected chi connectivity index (χ1v) is 7.04. The number of primary amides is 1. The molecule has 2 N–H and O–H groups in total. The summed E-state index contributed by atoms with van der Waals surface area (Å²) in [5.74, 6) is 0.479. The van der Waals surface area contributed by atoms with Crippen LogP contribution in [0.2, 0.25) is 0 Å². The summed E-state index contributed by atoms with van der Waals surface area (Å²) in [7, 11) is 0. The van der Waals surface area contributed by atoms with Gasteiger partial charge >= 0.3 is 0 Å². The van der Waals surface area contributed by atoms with Crippen molar-refractivity contribution in [1.82, 2.24) is 4.98 Å². The molecule has 1 amide bonds. The molecule has 21 heavy (non-hydrogen) atoms. The number of carbonyl (C=O) groups excluding carboxylic acids is 1. The maximum Gasteiger partial charge on any atom is 0.248 e. The maximum atomic E-state index is 11.1. The number of benzene rings is 2. The first kappa shape index (κ1) is 13.6. The van der Waals surface area contributed by atoms with Crippen LogP contribution in [0.5, 0.6) is 11.6 Å². The Morgan fingerprint density at radius 2 is 1.81 bits per heavy atom. The van der Waals surface area contributed by atoms with Crippen molar-refractivity contribution in [1.29, 1.82) is 0 Å². The predicted octanol–water partition coefficient (Wildman–Crippen LogP) is 3.89. The lowest BCUT2D eigenvalue weighted by Crippen LogP contribution is -2.10. The topological polar surface area (TPSA) is 65.2 Å². The molecule has 0 bridgehead atoms. The fraction of sp³-hybridized carbons (Fsp3) is 0. The van der Waals surface area contributed by atoms with Crippen LogP contribution in [0.15, 0.2) is 59.2 Å². The van der Waals surface area contributed by atoms with Gasteiger partial charge in [-0.05, 0) is 41.1 Å². The molecule has 0 unspecified atom stereocenters. The summed E-state index contributed by atoms with van der Waals surface area (Å²) in [6.45, 7) is 0. The zero-order valence-electron chi connectivity index (χ0n) is 10.9. The standard InChI is InChI=1S/C16H11BrN2O2/c17-13-3-1-11-8-14(4-2-10(11)7-13)21-15-9-12(16(18)20)5-6-19-15/h1-9H,(H2,18,20). The van der Waals surface area contributed by atoms with Crippen LogP contribution in [0.4, 0.5) is 0 Å². The summed E-state index contributed by atoms with van der Waals surface area (Å²) in [5, 5.41) is 2.16. The molecule has 0 fully saturated rings. The lowest BCUT2D eigenvalue weighted by molar-refractivity contribution is 0.1000. The number of nitrogens with two attached hydrogens (primary N) is 1. The van der Waals surface area contributed by atoms with Gasteiger partial charge in [-0.15, -0.1) is 0 Å². The van der Waals surface area contributed by atoms with E-state index in [1.807, 2.05) is 36.4 Å². The number of fused-ring (bicyclic) bond motifs is 1. The highest BCUT2D eigenvalue weighted by molar-refractivity contribution is 9.10. The van der Waals surface area contributed by atoms with Crippen molar-refractivity contribution >= 4 is 32.6 Å². The number of carbonyl (C=O) groups is 1. The molecular formula is C16H11BrN2O2. The van der Waals surface area contributed by atoms with Gasteiger partial charge in [-0.25, -0.2) is 4.98 Å². The highest BCUT2D eigenvalue weighted by Crippen LogP contribution is 2.26. The van der Waals surface area contributed by atoms with Crippen LogP contribution in [-0.2, 0) is 0 Å². The number of ether oxygens (including phenoxy) is 1. The molecule has 0 atom stereocenters. The molecule has 0 radical (unpaired) electrons. The average Bonchev–Trinajstić information content (AvgIpc) is 2.48. The Labute approximate surface area is 129 Å². The minimum Gasteiger partial charge on any atom is -0.439 e. The van der Waals surface area contributed by atoms with Crippen molar-refractivity contribution in [3.63, 3.8) is 0 Å². The van der Waals surface area contributed by atoms with Crippen molar-refractivity contribution in [3.05, 3.63) is 64.8 Å². The van der Waals surface area contributed by atoms with E-state index in [1.165, 1.54) is 12.3 Å². The van der Waals surface area contributed by atoms with Crippen LogP contribution in [0, 0.1) is 0 Å². The van der Waals surface area contributed by atoms with Crippen LogP contribution < -0.4 is 10.5 Å². The average molecular weight is 343 g/mol. The van der Waals surface area contributed by atoms with Gasteiger partial charge in [0.05, 0.1) is 0 Å². The number of pyridine rings is 1. The fourth-order valence-corrected chi connectivity index (χ4v) is 2.38. The van der Waals surface area contributed by atoms with Gasteiger partial charge in [-0.1, -0.05) is 28.1 Å². The van der Waals surface area contributed by atoms with Gasteiger partial charge in [0.15, 0.2) is 0 Å². The zero-order valence-corrected chi connectivity index (χ0v) is 12.5. The molecule has 3 aromatic rings. The minimum atomic E-state index is -0.509. The first-order valence-electron chi connectivity index (χ1n) is 6.25. The van der Waals surface area contributed by atoms with Crippen LogP contribution in [0.25, 0.3) is 10.8 Å². The van der Waals surface area contributed by atoms with E-state index >= 15 is 0 Å². The molecular weight excluding hydrogens is 332 g/mol. The molecule has 104 valence electrons. The third kappa shape index (κ3) is 3.03. The minimum absolute atomic E-state index is 0.336. The Bertz CT molecular complexity index is 833. The van der Waals surface area contributed by atoms with Gasteiger partial charge in [0.25, 0.3) is 0 Å². The number of rotatable bonds is 3. The quantitative estimate of drug-likeness (QED) is 0.785. The van der Waals surface area contributed by atoms with E-state index in [9.17, 15) is 4.79 Å². The summed E-state index contributed by atoms with van der Waals surface area (Å²) < 4.78 is 6.70. The number of hydrogen-bond donors (Lipinski definition) is 1. The van der Waals surface area contributed by atoms with Gasteiger partial charge in [0.1, 0.15) is 5.75 Å². The summed E-state index contributed by atoms with van der Waals surface area (Å²) in [6, 6.07) is 14.8. The van der Waals surface area contributed by atoms with Gasteiger partial charge in [0, 0.05) is 22.3 Å². The molecule has 0 saturated carbocycles. The Morgan fingerprint density at radius 3 is 2.62 bits per heavy atom. The third-order valence-corrected chi connectivity index (χ3v) is 3.51. The molecule has 2 aromatic carbocycles. The highest BCUT2D eigenvalue weighted by atomic mass is 79.9. The number of amides is 1. The van der Waals surface area contributed by atoms with E-state index < -0.39 is 5.91 Å². The van der Waals surface area contributed by atoms with Crippen molar-refractivity contribution < 1.29 is 9.53 Å². The number of nitrogens with zero attached hydrogens (tertiary/aromatic N) is 1. The van der Waals surface area contributed by atoms with Gasteiger partial charge in [-0.3, -0.25) is 4.79 Å². The molecule has 0 spiro atoms. The van der Waals surface area contributed by atoms with Gasteiger partial charge < -0.3 is 10.5 Å². The molecule has 0 aliphatic carbocycles. The number of hydrogen-bond acceptors (Lipinski definition) is 3. The van der Waals surface area contributed by atoms with Crippen molar-refractivity contribution in [2.75, 3.05) is 0 Å². The second-order valence-corrected chi connectivity index (χ2v) is 5.42. The number of halogens is 1. The maximum absolute atomic E-state index is 11.1. The van der Waals surface area contributed by atoms with Crippen LogP contribution in [0.3, 0.4) is 0 Å². The largest absolute Gasteiger partial charge is 0.439 e. The molecule has 0 saturated heterocycles. The SMILES string of the molecule is NC(=O)c1ccnc(Oc2ccc3cc(Br)ccc3c2)c1. The smallest absolute Gasteiger partial charge is 0.248 e. The van der Waals surface area contributed by atoms with E-state index in [0.717, 1.165) is 15.2 Å². The number of aromatic nitrogens is 1. The summed E-state index contributed by atoms with van der Waals surface area (Å²) in [6.07, 6.45) is 1.49. The summed E-state index contributed by atoms with van der Waals surface area (Å²) in [5.41, 5.74) is 5.60. The van der Waals surface area contributed by atoms with E-state index in [1.54, 1.807) is 6.07 Å². The van der Waals surface area contributed by atoms with Crippen molar-refractivity contribution in [2.24, 2.45) is 5.73 Å². The lowest BCUT2D eigenvalue weighted by atomic mass is 10.1. The molecule has 0 aliphatic heterocycles. The highest BCUT2D eigenvalue weighted by Gasteiger charge is 2.05. The molecule has 1 aromatic heterocycles. The van der Waals surface area contributed by atoms with E-state index in [-0.39, 0.29) is 0 Å². The Hall–Kier alpha value is -2.40. The normalized spacial score (nSPS) is 10.5. The van der Waals surface area contributed by atoms with E-state index in [2.05, 4.69) is 20.9 Å². The first-order chi connectivity index (χ1) is 10.1. The van der Waals surface area contributed by atoms with Gasteiger partial charge in [-0.2, -0.15) is 0 Å². The molecule has 5 heteroatoms. The zero-order chi connectivity index (χ0) is 14.8. The Morgan fingerprint density at radius 1 is 1.05 bits per heavy atom. The monoisotopic (exact) mass is 342 g/mol. The molecule has 4 nitrogen and oxygen atoms in total. The van der Waals surface area contributed by atoms with Crippen LogP contribution in [-0.4, -0.2) is 10.9 Å². The second-order valence-electron chi connectivity index (χ2n) is 4.50. The molecule has 3 rings (SSSR count). The summed E-state index contributed by atoms with van der Waals surface area (Å²) in [4.78, 5) is 15.2. The van der Waals surface area contributed by atoms with Crippen molar-refractivity contribution in [2.45, 2.75) is 0 Å². The summed E-state index contributed by atoms with van der Waals surface area (Å²) >= 11 is 3.44. The van der Waals surface area contributed by atoms with Crippen molar-refractivity contribution in [3.8, 4) is 11.6 Å². The fourth-order valence-electron chi connectivity index (χ4n) is 2.00. The van der Waals surface area contributed by atoms with E-state index in [4.69, 9.17) is 10.5 Å². The van der Waals surface area contributed by atoms with Crippen LogP contribution >= 0.6 is 15.9 Å². The van der Waals surface area contributed by atoms with Crippen LogP contribution in [0.1, 0.15) is 10.4 Å². The lowest BCUT2D eigenvalue weighted by Gasteiger charge is -2.07. The van der Waals surface area contributed by atoms with E-state index in [0.29, 0.717) is 17.2 Å². The molecule has 0 aliphatic rings. The third-order valence-electron chi connectivity index (χ3n) is 3.02. The second kappa shape index (κ2) is 5.54. The molecule has 1 heterocycles. The van der Waals surface area contributed by atoms with Gasteiger partial charge in [0.2, 0.25) is 11.8 Å². The Kier molecular flexibility index (Phi) is 3.58. The predicted molar refractivity (Wildman–Crippen MR) is 84.5 cm³/mol. The Balaban J connectivity index is 1.92.